The van der Waals surface area contributed by atoms with Gasteiger partial charge in [-0.3, -0.25) is 0 Å². The summed E-state index contributed by atoms with van der Waals surface area (Å²) in [5, 5.41) is 0. The molecular formula is C51H84O6. The minimum absolute atomic E-state index is 0.0628. The van der Waals surface area contributed by atoms with Gasteiger partial charge < -0.3 is 14.2 Å². The largest absolute Gasteiger partial charge is 0.462 e. The number of carbonyl (C=O) groups excluding carboxylic acids is 3. The molecule has 0 aliphatic rings. The van der Waals surface area contributed by atoms with Gasteiger partial charge in [0.15, 0.2) is 0 Å². The average Bonchev–Trinajstić information content (AvgIpc) is 3.22. The monoisotopic (exact) mass is 793 g/mol. The highest BCUT2D eigenvalue weighted by molar-refractivity contribution is 6.05. The summed E-state index contributed by atoms with van der Waals surface area (Å²) >= 11 is 0. The van der Waals surface area contributed by atoms with Gasteiger partial charge in [-0.05, 0) is 95.2 Å². The van der Waals surface area contributed by atoms with Gasteiger partial charge in [0.2, 0.25) is 0 Å². The lowest BCUT2D eigenvalue weighted by atomic mass is 10.0. The minimum atomic E-state index is -0.606. The Labute approximate surface area is 350 Å². The average molecular weight is 793 g/mol. The number of rotatable bonds is 39. The molecule has 0 aliphatic carbocycles. The number of allylic oxidation sites excluding steroid dienone is 6. The molecule has 0 saturated carbocycles. The molecule has 1 rings (SSSR count). The van der Waals surface area contributed by atoms with Crippen molar-refractivity contribution in [2.24, 2.45) is 0 Å². The van der Waals surface area contributed by atoms with Crippen LogP contribution in [0.25, 0.3) is 0 Å². The highest BCUT2D eigenvalue weighted by Crippen LogP contribution is 2.19. The minimum Gasteiger partial charge on any atom is -0.462 e. The first-order chi connectivity index (χ1) is 28.0. The molecule has 0 radical (unpaired) electrons. The Morgan fingerprint density at radius 3 is 1.04 bits per heavy atom. The lowest BCUT2D eigenvalue weighted by Gasteiger charge is -2.12. The van der Waals surface area contributed by atoms with Gasteiger partial charge >= 0.3 is 17.9 Å². The SMILES string of the molecule is CCC/C=C/CCCCCCCCCOC(=O)c1ccc(C(=O)OCCCCCCCCC/C=C/CCC)c(C(=O)OCCCCCCCCC/C=C/CCC)c1. The van der Waals surface area contributed by atoms with Crippen LogP contribution in [0, 0.1) is 0 Å². The molecule has 6 nitrogen and oxygen atoms in total. The second-order valence-electron chi connectivity index (χ2n) is 15.7. The summed E-state index contributed by atoms with van der Waals surface area (Å²) < 4.78 is 16.8. The van der Waals surface area contributed by atoms with Crippen LogP contribution in [0.1, 0.15) is 244 Å². The van der Waals surface area contributed by atoms with Crippen molar-refractivity contribution < 1.29 is 28.6 Å². The van der Waals surface area contributed by atoms with Crippen LogP contribution >= 0.6 is 0 Å². The molecule has 0 amide bonds. The third kappa shape index (κ3) is 30.6. The van der Waals surface area contributed by atoms with E-state index in [1.807, 2.05) is 0 Å². The normalized spacial score (nSPS) is 11.6. The fraction of sp³-hybridized carbons (Fsp3) is 0.706. The smallest absolute Gasteiger partial charge is 0.339 e. The van der Waals surface area contributed by atoms with Gasteiger partial charge in [0.1, 0.15) is 0 Å². The van der Waals surface area contributed by atoms with E-state index in [0.29, 0.717) is 13.2 Å². The Morgan fingerprint density at radius 2 is 0.667 bits per heavy atom. The topological polar surface area (TPSA) is 78.9 Å². The molecule has 0 unspecified atom stereocenters. The second-order valence-corrected chi connectivity index (χ2v) is 15.7. The van der Waals surface area contributed by atoms with E-state index < -0.39 is 17.9 Å². The predicted octanol–water partition coefficient (Wildman–Crippen LogP) is 15.6. The first kappa shape index (κ1) is 51.9. The second kappa shape index (κ2) is 39.7. The van der Waals surface area contributed by atoms with Gasteiger partial charge in [-0.15, -0.1) is 0 Å². The molecule has 0 bridgehead atoms. The summed E-state index contributed by atoms with van der Waals surface area (Å²) in [7, 11) is 0. The van der Waals surface area contributed by atoms with Crippen LogP contribution < -0.4 is 0 Å². The van der Waals surface area contributed by atoms with Crippen molar-refractivity contribution in [1.29, 1.82) is 0 Å². The van der Waals surface area contributed by atoms with Crippen LogP contribution in [0.3, 0.4) is 0 Å². The van der Waals surface area contributed by atoms with Crippen molar-refractivity contribution in [3.05, 3.63) is 71.3 Å². The number of hydrogen-bond acceptors (Lipinski definition) is 6. The maximum atomic E-state index is 13.3. The van der Waals surface area contributed by atoms with Crippen molar-refractivity contribution in [1.82, 2.24) is 0 Å². The van der Waals surface area contributed by atoms with Crippen molar-refractivity contribution in [2.75, 3.05) is 19.8 Å². The van der Waals surface area contributed by atoms with Gasteiger partial charge in [-0.1, -0.05) is 173 Å². The zero-order valence-electron chi connectivity index (χ0n) is 37.0. The van der Waals surface area contributed by atoms with E-state index in [0.717, 1.165) is 57.8 Å². The summed E-state index contributed by atoms with van der Waals surface area (Å²) in [4.78, 5) is 39.5. The first-order valence-electron chi connectivity index (χ1n) is 23.6. The molecule has 0 aromatic heterocycles. The van der Waals surface area contributed by atoms with E-state index in [2.05, 4.69) is 57.2 Å². The number of unbranched alkanes of at least 4 members (excludes halogenated alkanes) is 24. The zero-order chi connectivity index (χ0) is 41.3. The van der Waals surface area contributed by atoms with E-state index in [9.17, 15) is 14.4 Å². The molecule has 0 spiro atoms. The number of ether oxygens (including phenoxy) is 3. The molecular weight excluding hydrogens is 709 g/mol. The summed E-state index contributed by atoms with van der Waals surface area (Å²) in [6.45, 7) is 7.52. The van der Waals surface area contributed by atoms with Crippen LogP contribution in [0.2, 0.25) is 0 Å². The van der Waals surface area contributed by atoms with Crippen molar-refractivity contribution in [3.63, 3.8) is 0 Å². The molecule has 0 atom stereocenters. The molecule has 1 aromatic carbocycles. The van der Waals surface area contributed by atoms with Crippen molar-refractivity contribution >= 4 is 17.9 Å². The fourth-order valence-electron chi connectivity index (χ4n) is 6.70. The molecule has 0 aliphatic heterocycles. The third-order valence-electron chi connectivity index (χ3n) is 10.3. The molecule has 0 heterocycles. The van der Waals surface area contributed by atoms with Crippen molar-refractivity contribution in [2.45, 2.75) is 213 Å². The molecule has 324 valence electrons. The Bertz CT molecular complexity index is 1210. The lowest BCUT2D eigenvalue weighted by Crippen LogP contribution is -2.17. The Morgan fingerprint density at radius 1 is 0.368 bits per heavy atom. The van der Waals surface area contributed by atoms with Crippen LogP contribution in [0.15, 0.2) is 54.7 Å². The Kier molecular flexibility index (Phi) is 36.1. The van der Waals surface area contributed by atoms with Crippen LogP contribution in [0.4, 0.5) is 0 Å². The van der Waals surface area contributed by atoms with Gasteiger partial charge in [0.05, 0.1) is 36.5 Å². The number of benzene rings is 1. The third-order valence-corrected chi connectivity index (χ3v) is 10.3. The predicted molar refractivity (Wildman–Crippen MR) is 240 cm³/mol. The van der Waals surface area contributed by atoms with E-state index in [1.54, 1.807) is 6.07 Å². The molecule has 57 heavy (non-hydrogen) atoms. The summed E-state index contributed by atoms with van der Waals surface area (Å²) in [6.07, 6.45) is 47.9. The maximum Gasteiger partial charge on any atom is 0.339 e. The number of hydrogen-bond donors (Lipinski definition) is 0. The molecule has 0 saturated heterocycles. The number of carbonyl (C=O) groups is 3. The van der Waals surface area contributed by atoms with Crippen LogP contribution in [-0.2, 0) is 14.2 Å². The first-order valence-corrected chi connectivity index (χ1v) is 23.6. The highest BCUT2D eigenvalue weighted by Gasteiger charge is 2.22. The van der Waals surface area contributed by atoms with Crippen LogP contribution in [-0.4, -0.2) is 37.7 Å². The van der Waals surface area contributed by atoms with E-state index in [1.165, 1.54) is 147 Å². The van der Waals surface area contributed by atoms with Gasteiger partial charge in [0.25, 0.3) is 0 Å². The molecule has 1 aromatic rings. The van der Waals surface area contributed by atoms with Gasteiger partial charge in [0, 0.05) is 0 Å². The van der Waals surface area contributed by atoms with Crippen molar-refractivity contribution in [3.8, 4) is 0 Å². The van der Waals surface area contributed by atoms with Gasteiger partial charge in [-0.2, -0.15) is 0 Å². The van der Waals surface area contributed by atoms with Gasteiger partial charge in [-0.25, -0.2) is 14.4 Å². The Balaban J connectivity index is 2.54. The maximum absolute atomic E-state index is 13.3. The molecule has 0 fully saturated rings. The lowest BCUT2D eigenvalue weighted by molar-refractivity contribution is 0.0447. The summed E-state index contributed by atoms with van der Waals surface area (Å²) in [5.41, 5.74) is 0.434. The molecule has 0 N–H and O–H groups in total. The fourth-order valence-corrected chi connectivity index (χ4v) is 6.70. The molecule has 6 heteroatoms. The van der Waals surface area contributed by atoms with Crippen LogP contribution in [0.5, 0.6) is 0 Å². The quantitative estimate of drug-likeness (QED) is 0.0286. The van der Waals surface area contributed by atoms with E-state index in [4.69, 9.17) is 14.2 Å². The highest BCUT2D eigenvalue weighted by atomic mass is 16.5. The summed E-state index contributed by atoms with van der Waals surface area (Å²) in [5.74, 6) is -1.66. The standard InChI is InChI=1S/C51H84O6/c1-4-7-10-13-16-19-22-25-28-31-34-37-42-55-49(52)46-40-41-47(50(53)56-43-38-35-32-29-26-23-20-17-14-11-8-5-2)48(45-46)51(54)57-44-39-36-33-30-27-24-21-18-15-12-9-6-3/h10-15,40-41,45H,4-9,16-39,42-44H2,1-3H3/b13-10+,14-11+,15-12+. The summed E-state index contributed by atoms with van der Waals surface area (Å²) in [6, 6.07) is 4.50. The number of esters is 3. The zero-order valence-corrected chi connectivity index (χ0v) is 37.0. The van der Waals surface area contributed by atoms with E-state index in [-0.39, 0.29) is 23.3 Å². The Hall–Kier alpha value is -3.15. The van der Waals surface area contributed by atoms with E-state index >= 15 is 0 Å².